The van der Waals surface area contributed by atoms with E-state index in [1.807, 2.05) is 0 Å². The molecule has 0 aromatic rings. The van der Waals surface area contributed by atoms with E-state index >= 15 is 0 Å². The molecule has 0 amide bonds. The highest BCUT2D eigenvalue weighted by Gasteiger charge is 2.43. The quantitative estimate of drug-likeness (QED) is 0.745. The lowest BCUT2D eigenvalue weighted by Crippen LogP contribution is -2.42. The van der Waals surface area contributed by atoms with Gasteiger partial charge in [0.15, 0.2) is 0 Å². The van der Waals surface area contributed by atoms with Crippen molar-refractivity contribution in [3.8, 4) is 0 Å². The maximum Gasteiger partial charge on any atom is 0.0812 e. The minimum Gasteiger partial charge on any atom is -0.388 e. The number of allylic oxidation sites excluding steroid dienone is 3. The highest BCUT2D eigenvalue weighted by atomic mass is 16.3. The topological polar surface area (TPSA) is 20.2 Å². The first-order valence-corrected chi connectivity index (χ1v) is 6.16. The molecule has 15 heavy (non-hydrogen) atoms. The van der Waals surface area contributed by atoms with Crippen LogP contribution in [0.5, 0.6) is 0 Å². The Hall–Kier alpha value is -0.560. The standard InChI is InChI=1S/C14H21O/c1-2-9-14(10-6-11-14)13(15)12-7-4-3-5-8-12/h3-4,7-8,13,15H,2,5-6,9-11H2,1H3. The molecule has 1 N–H and O–H groups in total. The molecular formula is C14H21O. The maximum atomic E-state index is 10.4. The van der Waals surface area contributed by atoms with Crippen molar-refractivity contribution in [2.75, 3.05) is 0 Å². The molecule has 2 rings (SSSR count). The largest absolute Gasteiger partial charge is 0.388 e. The lowest BCUT2D eigenvalue weighted by Gasteiger charge is -2.46. The molecule has 1 heteroatoms. The van der Waals surface area contributed by atoms with Crippen LogP contribution in [0.3, 0.4) is 0 Å². The highest BCUT2D eigenvalue weighted by molar-refractivity contribution is 5.31. The van der Waals surface area contributed by atoms with Crippen molar-refractivity contribution in [3.05, 3.63) is 30.2 Å². The zero-order chi connectivity index (χ0) is 10.7. The van der Waals surface area contributed by atoms with Crippen molar-refractivity contribution < 1.29 is 5.11 Å². The van der Waals surface area contributed by atoms with E-state index < -0.39 is 0 Å². The lowest BCUT2D eigenvalue weighted by molar-refractivity contribution is -0.0188. The first-order chi connectivity index (χ1) is 7.28. The smallest absolute Gasteiger partial charge is 0.0812 e. The third kappa shape index (κ3) is 2.03. The van der Waals surface area contributed by atoms with E-state index in [0.29, 0.717) is 0 Å². The number of rotatable bonds is 4. The van der Waals surface area contributed by atoms with Gasteiger partial charge in [-0.05, 0) is 37.7 Å². The van der Waals surface area contributed by atoms with Crippen molar-refractivity contribution in [2.45, 2.75) is 51.6 Å². The van der Waals surface area contributed by atoms with E-state index in [0.717, 1.165) is 12.0 Å². The molecule has 0 heterocycles. The second-order valence-corrected chi connectivity index (χ2v) is 4.90. The SMILES string of the molecule is CCCC1(C(O)C2=CC=CC[CH]2)CCC1. The van der Waals surface area contributed by atoms with E-state index in [-0.39, 0.29) is 11.5 Å². The van der Waals surface area contributed by atoms with Crippen molar-refractivity contribution in [1.82, 2.24) is 0 Å². The number of aliphatic hydroxyl groups excluding tert-OH is 1. The van der Waals surface area contributed by atoms with Crippen LogP contribution in [0.15, 0.2) is 23.8 Å². The molecular weight excluding hydrogens is 184 g/mol. The summed E-state index contributed by atoms with van der Waals surface area (Å²) >= 11 is 0. The summed E-state index contributed by atoms with van der Waals surface area (Å²) in [5, 5.41) is 10.4. The van der Waals surface area contributed by atoms with Crippen molar-refractivity contribution in [2.24, 2.45) is 5.41 Å². The van der Waals surface area contributed by atoms with E-state index in [2.05, 4.69) is 31.6 Å². The summed E-state index contributed by atoms with van der Waals surface area (Å²) in [5.74, 6) is 0. The van der Waals surface area contributed by atoms with E-state index in [4.69, 9.17) is 0 Å². The number of aliphatic hydroxyl groups is 1. The third-order valence-electron chi connectivity index (χ3n) is 3.91. The van der Waals surface area contributed by atoms with Gasteiger partial charge in [0.2, 0.25) is 0 Å². The van der Waals surface area contributed by atoms with E-state index in [9.17, 15) is 5.11 Å². The molecule has 1 fully saturated rings. The molecule has 1 saturated carbocycles. The Kier molecular flexibility index (Phi) is 3.30. The molecule has 1 atom stereocenters. The molecule has 1 nitrogen and oxygen atoms in total. The van der Waals surface area contributed by atoms with Crippen LogP contribution in [0.4, 0.5) is 0 Å². The fraction of sp³-hybridized carbons (Fsp3) is 0.643. The normalized spacial score (nSPS) is 25.6. The summed E-state index contributed by atoms with van der Waals surface area (Å²) < 4.78 is 0. The molecule has 2 aliphatic carbocycles. The summed E-state index contributed by atoms with van der Waals surface area (Å²) in [6.07, 6.45) is 15.2. The Balaban J connectivity index is 2.07. The number of hydrogen-bond acceptors (Lipinski definition) is 1. The van der Waals surface area contributed by atoms with Crippen LogP contribution in [-0.4, -0.2) is 11.2 Å². The molecule has 0 bridgehead atoms. The van der Waals surface area contributed by atoms with Crippen LogP contribution in [0, 0.1) is 11.8 Å². The van der Waals surface area contributed by atoms with Gasteiger partial charge in [-0.15, -0.1) is 0 Å². The van der Waals surface area contributed by atoms with Crippen molar-refractivity contribution >= 4 is 0 Å². The van der Waals surface area contributed by atoms with Crippen LogP contribution >= 0.6 is 0 Å². The van der Waals surface area contributed by atoms with Gasteiger partial charge in [-0.3, -0.25) is 0 Å². The van der Waals surface area contributed by atoms with Gasteiger partial charge in [0.05, 0.1) is 6.10 Å². The van der Waals surface area contributed by atoms with Crippen molar-refractivity contribution in [3.63, 3.8) is 0 Å². The summed E-state index contributed by atoms with van der Waals surface area (Å²) in [7, 11) is 0. The van der Waals surface area contributed by atoms with Gasteiger partial charge in [-0.25, -0.2) is 0 Å². The lowest BCUT2D eigenvalue weighted by atomic mass is 9.60. The monoisotopic (exact) mass is 205 g/mol. The second kappa shape index (κ2) is 4.52. The Labute approximate surface area is 92.9 Å². The Morgan fingerprint density at radius 3 is 2.73 bits per heavy atom. The summed E-state index contributed by atoms with van der Waals surface area (Å²) in [5.41, 5.74) is 1.35. The third-order valence-corrected chi connectivity index (χ3v) is 3.91. The molecule has 0 saturated heterocycles. The number of hydrogen-bond donors (Lipinski definition) is 1. The van der Waals surface area contributed by atoms with Gasteiger partial charge in [0.25, 0.3) is 0 Å². The minimum absolute atomic E-state index is 0.211. The predicted octanol–water partition coefficient (Wildman–Crippen LogP) is 3.41. The van der Waals surface area contributed by atoms with Gasteiger partial charge in [-0.1, -0.05) is 38.0 Å². The van der Waals surface area contributed by atoms with Gasteiger partial charge in [0.1, 0.15) is 0 Å². The molecule has 0 aromatic heterocycles. The fourth-order valence-corrected chi connectivity index (χ4v) is 2.88. The minimum atomic E-state index is -0.226. The van der Waals surface area contributed by atoms with Gasteiger partial charge >= 0.3 is 0 Å². The van der Waals surface area contributed by atoms with E-state index in [1.165, 1.54) is 32.1 Å². The first kappa shape index (κ1) is 10.9. The highest BCUT2D eigenvalue weighted by Crippen LogP contribution is 2.50. The molecule has 1 unspecified atom stereocenters. The van der Waals surface area contributed by atoms with Gasteiger partial charge in [0, 0.05) is 5.41 Å². The van der Waals surface area contributed by atoms with Crippen LogP contribution in [0.2, 0.25) is 0 Å². The van der Waals surface area contributed by atoms with E-state index in [1.54, 1.807) is 0 Å². The molecule has 1 radical (unpaired) electrons. The predicted molar refractivity (Wildman–Crippen MR) is 63.3 cm³/mol. The fourth-order valence-electron chi connectivity index (χ4n) is 2.88. The first-order valence-electron chi connectivity index (χ1n) is 6.16. The Morgan fingerprint density at radius 1 is 1.47 bits per heavy atom. The van der Waals surface area contributed by atoms with Gasteiger partial charge < -0.3 is 5.11 Å². The summed E-state index contributed by atoms with van der Waals surface area (Å²) in [6, 6.07) is 0. The summed E-state index contributed by atoms with van der Waals surface area (Å²) in [6.45, 7) is 2.21. The van der Waals surface area contributed by atoms with Crippen LogP contribution in [0.25, 0.3) is 0 Å². The average molecular weight is 205 g/mol. The Morgan fingerprint density at radius 2 is 2.27 bits per heavy atom. The van der Waals surface area contributed by atoms with Crippen molar-refractivity contribution in [1.29, 1.82) is 0 Å². The summed E-state index contributed by atoms with van der Waals surface area (Å²) in [4.78, 5) is 0. The van der Waals surface area contributed by atoms with Crippen LogP contribution in [0.1, 0.15) is 45.4 Å². The van der Waals surface area contributed by atoms with Crippen LogP contribution in [-0.2, 0) is 0 Å². The molecule has 0 aromatic carbocycles. The Bertz CT molecular complexity index is 271. The van der Waals surface area contributed by atoms with Crippen LogP contribution < -0.4 is 0 Å². The molecule has 0 spiro atoms. The molecule has 83 valence electrons. The zero-order valence-corrected chi connectivity index (χ0v) is 9.58. The zero-order valence-electron chi connectivity index (χ0n) is 9.58. The maximum absolute atomic E-state index is 10.4. The average Bonchev–Trinajstić information content (AvgIpc) is 2.24. The molecule has 0 aliphatic heterocycles. The van der Waals surface area contributed by atoms with Gasteiger partial charge in [-0.2, -0.15) is 0 Å². The molecule has 2 aliphatic rings. The second-order valence-electron chi connectivity index (χ2n) is 4.90.